The molecule has 130 valence electrons. The van der Waals surface area contributed by atoms with Crippen molar-refractivity contribution in [2.45, 2.75) is 19.6 Å². The largest absolute Gasteiger partial charge is 0.433 e. The second-order valence-corrected chi connectivity index (χ2v) is 4.92. The molecule has 24 heavy (non-hydrogen) atoms. The summed E-state index contributed by atoms with van der Waals surface area (Å²) in [5.41, 5.74) is -0.882. The Balaban J connectivity index is 1.98. The zero-order valence-electron chi connectivity index (χ0n) is 12.7. The molecular weight excluding hydrogens is 333 g/mol. The van der Waals surface area contributed by atoms with E-state index >= 15 is 0 Å². The Hall–Kier alpha value is -2.92. The van der Waals surface area contributed by atoms with Crippen LogP contribution in [0, 0.1) is 17.0 Å². The van der Waals surface area contributed by atoms with Crippen LogP contribution >= 0.6 is 0 Å². The number of nitrogens with zero attached hydrogens (tertiary/aromatic N) is 5. The topological polar surface area (TPSA) is 108 Å². The number of aryl methyl sites for hydroxylation is 2. The molecule has 2 aromatic heterocycles. The average Bonchev–Trinajstić information content (AvgIpc) is 3.02. The molecule has 12 heteroatoms. The molecule has 0 spiro atoms. The van der Waals surface area contributed by atoms with E-state index in [1.54, 1.807) is 6.92 Å². The molecule has 0 aliphatic carbocycles. The summed E-state index contributed by atoms with van der Waals surface area (Å²) in [4.78, 5) is 21.8. The first-order valence-corrected chi connectivity index (χ1v) is 6.68. The van der Waals surface area contributed by atoms with Gasteiger partial charge >= 0.3 is 12.0 Å². The molecule has 0 saturated carbocycles. The van der Waals surface area contributed by atoms with Crippen LogP contribution in [0.5, 0.6) is 0 Å². The Kier molecular flexibility index (Phi) is 4.57. The van der Waals surface area contributed by atoms with Gasteiger partial charge in [0.2, 0.25) is 0 Å². The third-order valence-electron chi connectivity index (χ3n) is 3.17. The summed E-state index contributed by atoms with van der Waals surface area (Å²) in [5.74, 6) is -1.10. The third-order valence-corrected chi connectivity index (χ3v) is 3.17. The Morgan fingerprint density at radius 2 is 2.04 bits per heavy atom. The summed E-state index contributed by atoms with van der Waals surface area (Å²) in [7, 11) is 1.09. The molecule has 1 amide bonds. The number of carbonyl (C=O) groups is 1. The highest BCUT2D eigenvalue weighted by Crippen LogP contribution is 2.29. The van der Waals surface area contributed by atoms with Crippen molar-refractivity contribution in [2.24, 2.45) is 7.05 Å². The quantitative estimate of drug-likeness (QED) is 0.648. The maximum absolute atomic E-state index is 12.7. The van der Waals surface area contributed by atoms with Crippen LogP contribution in [0.3, 0.4) is 0 Å². The van der Waals surface area contributed by atoms with Gasteiger partial charge in [-0.3, -0.25) is 9.48 Å². The molecule has 0 fully saturated rings. The SMILES string of the molecule is Cc1cc([N+](=O)[O-])nn1CCNC(=O)c1cc(C(F)(F)F)n(C)n1. The fourth-order valence-corrected chi connectivity index (χ4v) is 2.02. The lowest BCUT2D eigenvalue weighted by Gasteiger charge is -2.04. The van der Waals surface area contributed by atoms with Crippen LogP contribution in [-0.4, -0.2) is 36.9 Å². The Morgan fingerprint density at radius 1 is 1.38 bits per heavy atom. The summed E-state index contributed by atoms with van der Waals surface area (Å²) in [5, 5.41) is 20.2. The van der Waals surface area contributed by atoms with Crippen molar-refractivity contribution in [3.8, 4) is 0 Å². The van der Waals surface area contributed by atoms with Gasteiger partial charge in [-0.1, -0.05) is 0 Å². The Labute approximate surface area is 133 Å². The maximum atomic E-state index is 12.7. The lowest BCUT2D eigenvalue weighted by Crippen LogP contribution is -2.28. The van der Waals surface area contributed by atoms with E-state index in [4.69, 9.17) is 0 Å². The molecule has 2 aromatic rings. The van der Waals surface area contributed by atoms with Gasteiger partial charge in [-0.2, -0.15) is 23.0 Å². The molecule has 0 aliphatic rings. The predicted octanol–water partition coefficient (Wildman–Crippen LogP) is 1.28. The minimum absolute atomic E-state index is 0.0242. The van der Waals surface area contributed by atoms with E-state index in [0.29, 0.717) is 16.4 Å². The minimum atomic E-state index is -4.61. The van der Waals surface area contributed by atoms with Gasteiger partial charge in [0.05, 0.1) is 23.4 Å². The van der Waals surface area contributed by atoms with E-state index in [0.717, 1.165) is 7.05 Å². The van der Waals surface area contributed by atoms with E-state index < -0.39 is 22.7 Å². The fraction of sp³-hybridized carbons (Fsp3) is 0.417. The number of nitrogens with one attached hydrogen (secondary N) is 1. The maximum Gasteiger partial charge on any atom is 0.433 e. The molecule has 0 bridgehead atoms. The smallest absolute Gasteiger partial charge is 0.358 e. The predicted molar refractivity (Wildman–Crippen MR) is 74.2 cm³/mol. The fourth-order valence-electron chi connectivity index (χ4n) is 2.02. The molecule has 2 heterocycles. The van der Waals surface area contributed by atoms with Crippen LogP contribution in [0.4, 0.5) is 19.0 Å². The van der Waals surface area contributed by atoms with Gasteiger partial charge in [-0.15, -0.1) is 0 Å². The van der Waals surface area contributed by atoms with Gasteiger partial charge < -0.3 is 15.4 Å². The van der Waals surface area contributed by atoms with E-state index in [1.165, 1.54) is 10.7 Å². The molecule has 0 atom stereocenters. The second-order valence-electron chi connectivity index (χ2n) is 4.92. The molecule has 2 rings (SSSR count). The van der Waals surface area contributed by atoms with Crippen molar-refractivity contribution >= 4 is 11.7 Å². The lowest BCUT2D eigenvalue weighted by atomic mass is 10.3. The first kappa shape index (κ1) is 17.4. The lowest BCUT2D eigenvalue weighted by molar-refractivity contribution is -0.389. The molecule has 0 radical (unpaired) electrons. The summed E-state index contributed by atoms with van der Waals surface area (Å²) >= 11 is 0. The van der Waals surface area contributed by atoms with Crippen molar-refractivity contribution in [3.63, 3.8) is 0 Å². The van der Waals surface area contributed by atoms with Gasteiger partial charge in [-0.25, -0.2) is 0 Å². The Bertz CT molecular complexity index is 780. The van der Waals surface area contributed by atoms with E-state index in [1.807, 2.05) is 0 Å². The molecule has 1 N–H and O–H groups in total. The number of alkyl halides is 3. The van der Waals surface area contributed by atoms with Gasteiger partial charge in [0.15, 0.2) is 5.69 Å². The normalized spacial score (nSPS) is 11.5. The number of hydrogen-bond donors (Lipinski definition) is 1. The van der Waals surface area contributed by atoms with Crippen LogP contribution in [0.1, 0.15) is 21.9 Å². The zero-order chi connectivity index (χ0) is 18.1. The van der Waals surface area contributed by atoms with Crippen molar-refractivity contribution in [1.29, 1.82) is 0 Å². The average molecular weight is 346 g/mol. The molecular formula is C12H13F3N6O3. The van der Waals surface area contributed by atoms with Gasteiger partial charge in [-0.05, 0) is 11.8 Å². The number of carbonyl (C=O) groups excluding carboxylic acids is 1. The summed E-state index contributed by atoms with van der Waals surface area (Å²) < 4.78 is 39.9. The summed E-state index contributed by atoms with van der Waals surface area (Å²) in [6, 6.07) is 1.93. The van der Waals surface area contributed by atoms with Crippen LogP contribution < -0.4 is 5.32 Å². The summed E-state index contributed by atoms with van der Waals surface area (Å²) in [6.07, 6.45) is -4.61. The monoisotopic (exact) mass is 346 g/mol. The minimum Gasteiger partial charge on any atom is -0.358 e. The third kappa shape index (κ3) is 3.70. The zero-order valence-corrected chi connectivity index (χ0v) is 12.7. The number of aromatic nitrogens is 4. The summed E-state index contributed by atoms with van der Waals surface area (Å²) in [6.45, 7) is 1.76. The highest BCUT2D eigenvalue weighted by Gasteiger charge is 2.35. The molecule has 0 aromatic carbocycles. The van der Waals surface area contributed by atoms with Crippen molar-refractivity contribution in [2.75, 3.05) is 6.54 Å². The van der Waals surface area contributed by atoms with Gasteiger partial charge in [0, 0.05) is 19.7 Å². The van der Waals surface area contributed by atoms with Gasteiger partial charge in [0.25, 0.3) is 5.91 Å². The first-order valence-electron chi connectivity index (χ1n) is 6.68. The first-order chi connectivity index (χ1) is 11.1. The second kappa shape index (κ2) is 6.29. The van der Waals surface area contributed by atoms with Crippen molar-refractivity contribution in [3.05, 3.63) is 39.3 Å². The number of nitro groups is 1. The van der Waals surface area contributed by atoms with E-state index in [9.17, 15) is 28.1 Å². The standard InChI is InChI=1S/C12H13F3N6O3/c1-7-5-10(21(23)24)18-20(7)4-3-16-11(22)8-6-9(12(13,14)15)19(2)17-8/h5-6H,3-4H2,1-2H3,(H,16,22). The molecule has 0 aliphatic heterocycles. The van der Waals surface area contributed by atoms with Crippen LogP contribution in [0.2, 0.25) is 0 Å². The van der Waals surface area contributed by atoms with Gasteiger partial charge in [0.1, 0.15) is 5.69 Å². The van der Waals surface area contributed by atoms with Crippen molar-refractivity contribution < 1.29 is 22.9 Å². The van der Waals surface area contributed by atoms with Crippen LogP contribution in [0.15, 0.2) is 12.1 Å². The number of rotatable bonds is 5. The highest BCUT2D eigenvalue weighted by molar-refractivity contribution is 5.92. The van der Waals surface area contributed by atoms with Crippen molar-refractivity contribution in [1.82, 2.24) is 24.9 Å². The highest BCUT2D eigenvalue weighted by atomic mass is 19.4. The molecule has 0 saturated heterocycles. The number of hydrogen-bond acceptors (Lipinski definition) is 5. The number of halogens is 3. The molecule has 0 unspecified atom stereocenters. The number of amides is 1. The van der Waals surface area contributed by atoms with E-state index in [2.05, 4.69) is 15.5 Å². The van der Waals surface area contributed by atoms with Crippen LogP contribution in [0.25, 0.3) is 0 Å². The Morgan fingerprint density at radius 3 is 2.54 bits per heavy atom. The molecule has 9 nitrogen and oxygen atoms in total. The van der Waals surface area contributed by atoms with Crippen LogP contribution in [-0.2, 0) is 19.8 Å². The van der Waals surface area contributed by atoms with E-state index in [-0.39, 0.29) is 24.6 Å².